The molecule has 6 heteroatoms. The number of hydrogen-bond donors (Lipinski definition) is 2. The van der Waals surface area contributed by atoms with Crippen LogP contribution in [0, 0.1) is 0 Å². The summed E-state index contributed by atoms with van der Waals surface area (Å²) < 4.78 is 7.12. The minimum atomic E-state index is -0.440. The maximum atomic E-state index is 11.8. The minimum absolute atomic E-state index is 0.214. The van der Waals surface area contributed by atoms with Crippen LogP contribution in [0.1, 0.15) is 45.6 Å². The second kappa shape index (κ2) is 7.13. The Balaban J connectivity index is 1.64. The van der Waals surface area contributed by atoms with Crippen LogP contribution in [0.5, 0.6) is 0 Å². The molecule has 1 heterocycles. The standard InChI is InChI=1S/C16H28N4O2/c1-16(2,3)22-15(21)19-14-6-5-13(9-14)17-8-7-12-10-18-20(4)11-12/h10-11,13-14,17H,5-9H2,1-4H3,(H,19,21). The summed E-state index contributed by atoms with van der Waals surface area (Å²) in [6.07, 6.45) is 7.68. The van der Waals surface area contributed by atoms with Gasteiger partial charge in [0.25, 0.3) is 0 Å². The first-order valence-electron chi connectivity index (χ1n) is 8.02. The molecule has 124 valence electrons. The quantitative estimate of drug-likeness (QED) is 0.873. The van der Waals surface area contributed by atoms with E-state index < -0.39 is 5.60 Å². The molecule has 0 bridgehead atoms. The van der Waals surface area contributed by atoms with Crippen molar-refractivity contribution in [3.05, 3.63) is 18.0 Å². The number of nitrogens with one attached hydrogen (secondary N) is 2. The molecule has 2 atom stereocenters. The topological polar surface area (TPSA) is 68.2 Å². The van der Waals surface area contributed by atoms with Crippen LogP contribution in [0.3, 0.4) is 0 Å². The number of aromatic nitrogens is 2. The van der Waals surface area contributed by atoms with Crippen molar-refractivity contribution in [1.82, 2.24) is 20.4 Å². The van der Waals surface area contributed by atoms with E-state index in [1.165, 1.54) is 5.56 Å². The largest absolute Gasteiger partial charge is 0.444 e. The van der Waals surface area contributed by atoms with E-state index in [-0.39, 0.29) is 12.1 Å². The molecule has 1 aromatic rings. The molecule has 2 unspecified atom stereocenters. The zero-order valence-electron chi connectivity index (χ0n) is 14.1. The van der Waals surface area contributed by atoms with E-state index in [1.54, 1.807) is 0 Å². The van der Waals surface area contributed by atoms with Crippen LogP contribution in [0.4, 0.5) is 4.79 Å². The molecule has 22 heavy (non-hydrogen) atoms. The van der Waals surface area contributed by atoms with E-state index in [1.807, 2.05) is 44.9 Å². The molecule has 1 aromatic heterocycles. The highest BCUT2D eigenvalue weighted by molar-refractivity contribution is 5.68. The first kappa shape index (κ1) is 16.8. The van der Waals surface area contributed by atoms with Gasteiger partial charge in [0.2, 0.25) is 0 Å². The maximum absolute atomic E-state index is 11.8. The molecule has 0 radical (unpaired) electrons. The molecule has 1 aliphatic rings. The molecular formula is C16H28N4O2. The Morgan fingerprint density at radius 1 is 1.41 bits per heavy atom. The Morgan fingerprint density at radius 2 is 2.14 bits per heavy atom. The summed E-state index contributed by atoms with van der Waals surface area (Å²) in [4.78, 5) is 11.8. The van der Waals surface area contributed by atoms with Crippen LogP contribution >= 0.6 is 0 Å². The van der Waals surface area contributed by atoms with Gasteiger partial charge in [0.05, 0.1) is 6.20 Å². The summed E-state index contributed by atoms with van der Waals surface area (Å²) in [5.41, 5.74) is 0.806. The highest BCUT2D eigenvalue weighted by Gasteiger charge is 2.27. The Kier molecular flexibility index (Phi) is 5.45. The number of hydrogen-bond acceptors (Lipinski definition) is 4. The van der Waals surface area contributed by atoms with Crippen LogP contribution in [-0.2, 0) is 18.2 Å². The van der Waals surface area contributed by atoms with Gasteiger partial charge in [-0.3, -0.25) is 4.68 Å². The number of alkyl carbamates (subject to hydrolysis) is 1. The minimum Gasteiger partial charge on any atom is -0.444 e. The monoisotopic (exact) mass is 308 g/mol. The molecule has 1 fully saturated rings. The fourth-order valence-electron chi connectivity index (χ4n) is 2.79. The number of nitrogens with zero attached hydrogens (tertiary/aromatic N) is 2. The van der Waals surface area contributed by atoms with Gasteiger partial charge in [0, 0.05) is 25.3 Å². The van der Waals surface area contributed by atoms with Gasteiger partial charge in [-0.25, -0.2) is 4.79 Å². The second-order valence-corrected chi connectivity index (χ2v) is 7.08. The molecule has 0 saturated heterocycles. The van der Waals surface area contributed by atoms with E-state index in [9.17, 15) is 4.79 Å². The molecule has 0 aliphatic heterocycles. The average Bonchev–Trinajstić information content (AvgIpc) is 2.97. The highest BCUT2D eigenvalue weighted by Crippen LogP contribution is 2.20. The summed E-state index contributed by atoms with van der Waals surface area (Å²) in [5, 5.41) is 10.7. The van der Waals surface area contributed by atoms with Crippen LogP contribution < -0.4 is 10.6 Å². The summed E-state index contributed by atoms with van der Waals surface area (Å²) >= 11 is 0. The third kappa shape index (κ3) is 5.67. The van der Waals surface area contributed by atoms with Gasteiger partial charge in [0.15, 0.2) is 0 Å². The normalized spacial score (nSPS) is 21.8. The third-order valence-corrected chi connectivity index (χ3v) is 3.76. The van der Waals surface area contributed by atoms with Crippen LogP contribution in [0.15, 0.2) is 12.4 Å². The van der Waals surface area contributed by atoms with Gasteiger partial charge in [-0.05, 0) is 58.6 Å². The summed E-state index contributed by atoms with van der Waals surface area (Å²) in [6.45, 7) is 6.58. The number of carbonyl (C=O) groups is 1. The van der Waals surface area contributed by atoms with Gasteiger partial charge in [-0.15, -0.1) is 0 Å². The van der Waals surface area contributed by atoms with Crippen molar-refractivity contribution in [2.24, 2.45) is 7.05 Å². The summed E-state index contributed by atoms with van der Waals surface area (Å²) in [7, 11) is 1.93. The lowest BCUT2D eigenvalue weighted by molar-refractivity contribution is 0.0505. The molecule has 1 aliphatic carbocycles. The Labute approximate surface area is 132 Å². The van der Waals surface area contributed by atoms with E-state index in [2.05, 4.69) is 15.7 Å². The third-order valence-electron chi connectivity index (χ3n) is 3.76. The zero-order valence-corrected chi connectivity index (χ0v) is 14.1. The molecule has 0 aromatic carbocycles. The SMILES string of the molecule is Cn1cc(CCNC2CCC(NC(=O)OC(C)(C)C)C2)cn1. The number of aryl methyl sites for hydroxylation is 1. The van der Waals surface area contributed by atoms with Gasteiger partial charge < -0.3 is 15.4 Å². The predicted octanol–water partition coefficient (Wildman–Crippen LogP) is 2.00. The molecule has 0 spiro atoms. The highest BCUT2D eigenvalue weighted by atomic mass is 16.6. The van der Waals surface area contributed by atoms with Crippen molar-refractivity contribution in [3.63, 3.8) is 0 Å². The zero-order chi connectivity index (χ0) is 16.2. The number of rotatable bonds is 5. The lowest BCUT2D eigenvalue weighted by atomic mass is 10.2. The summed E-state index contributed by atoms with van der Waals surface area (Å²) in [5.74, 6) is 0. The van der Waals surface area contributed by atoms with Crippen molar-refractivity contribution in [3.8, 4) is 0 Å². The van der Waals surface area contributed by atoms with Gasteiger partial charge in [-0.1, -0.05) is 0 Å². The molecule has 2 N–H and O–H groups in total. The van der Waals surface area contributed by atoms with Crippen molar-refractivity contribution < 1.29 is 9.53 Å². The van der Waals surface area contributed by atoms with E-state index >= 15 is 0 Å². The average molecular weight is 308 g/mol. The van der Waals surface area contributed by atoms with Crippen LogP contribution in [-0.4, -0.2) is 40.1 Å². The Bertz CT molecular complexity index is 493. The number of amides is 1. The first-order chi connectivity index (χ1) is 10.3. The Morgan fingerprint density at radius 3 is 2.77 bits per heavy atom. The van der Waals surface area contributed by atoms with Crippen molar-refractivity contribution in [2.75, 3.05) is 6.54 Å². The first-order valence-corrected chi connectivity index (χ1v) is 8.02. The smallest absolute Gasteiger partial charge is 0.407 e. The predicted molar refractivity (Wildman–Crippen MR) is 85.7 cm³/mol. The maximum Gasteiger partial charge on any atom is 0.407 e. The number of ether oxygens (including phenoxy) is 1. The van der Waals surface area contributed by atoms with Gasteiger partial charge >= 0.3 is 6.09 Å². The summed E-state index contributed by atoms with van der Waals surface area (Å²) in [6, 6.07) is 0.683. The fraction of sp³-hybridized carbons (Fsp3) is 0.750. The lowest BCUT2D eigenvalue weighted by Gasteiger charge is -2.21. The Hall–Kier alpha value is -1.56. The van der Waals surface area contributed by atoms with Crippen LogP contribution in [0.2, 0.25) is 0 Å². The van der Waals surface area contributed by atoms with Crippen LogP contribution in [0.25, 0.3) is 0 Å². The van der Waals surface area contributed by atoms with E-state index in [4.69, 9.17) is 4.74 Å². The van der Waals surface area contributed by atoms with Gasteiger partial charge in [0.1, 0.15) is 5.60 Å². The molecule has 1 amide bonds. The van der Waals surface area contributed by atoms with Crippen molar-refractivity contribution in [1.29, 1.82) is 0 Å². The fourth-order valence-corrected chi connectivity index (χ4v) is 2.79. The van der Waals surface area contributed by atoms with Crippen molar-refractivity contribution >= 4 is 6.09 Å². The van der Waals surface area contributed by atoms with E-state index in [0.29, 0.717) is 6.04 Å². The van der Waals surface area contributed by atoms with E-state index in [0.717, 1.165) is 32.2 Å². The van der Waals surface area contributed by atoms with Gasteiger partial charge in [-0.2, -0.15) is 5.10 Å². The molecule has 1 saturated carbocycles. The molecule has 2 rings (SSSR count). The molecular weight excluding hydrogens is 280 g/mol. The second-order valence-electron chi connectivity index (χ2n) is 7.08. The van der Waals surface area contributed by atoms with Crippen molar-refractivity contribution in [2.45, 2.75) is 64.1 Å². The lowest BCUT2D eigenvalue weighted by Crippen LogP contribution is -2.39. The number of carbonyl (C=O) groups excluding carboxylic acids is 1. The molecule has 6 nitrogen and oxygen atoms in total.